The lowest BCUT2D eigenvalue weighted by Crippen LogP contribution is -2.04. The highest BCUT2D eigenvalue weighted by Crippen LogP contribution is 2.27. The summed E-state index contributed by atoms with van der Waals surface area (Å²) in [5.41, 5.74) is 1.14. The number of rotatable bonds is 3. The number of hydrogen-bond donors (Lipinski definition) is 1. The van der Waals surface area contributed by atoms with E-state index in [1.807, 2.05) is 0 Å². The second kappa shape index (κ2) is 4.60. The Morgan fingerprint density at radius 1 is 1.29 bits per heavy atom. The van der Waals surface area contributed by atoms with Crippen molar-refractivity contribution in [3.05, 3.63) is 24.3 Å². The highest BCUT2D eigenvalue weighted by atomic mass is 16.5. The number of methoxy groups -OCH3 is 2. The lowest BCUT2D eigenvalue weighted by molar-refractivity contribution is 0.0595. The summed E-state index contributed by atoms with van der Waals surface area (Å²) in [6.07, 6.45) is 4.48. The Morgan fingerprint density at radius 2 is 2.06 bits per heavy atom. The number of carbonyl (C=O) groups is 1. The van der Waals surface area contributed by atoms with Gasteiger partial charge in [-0.2, -0.15) is 5.10 Å². The van der Waals surface area contributed by atoms with E-state index in [1.54, 1.807) is 0 Å². The first-order valence-corrected chi connectivity index (χ1v) is 4.75. The Bertz CT molecular complexity index is 538. The molecule has 0 unspecified atom stereocenters. The van der Waals surface area contributed by atoms with Gasteiger partial charge in [-0.05, 0) is 0 Å². The molecule has 2 aromatic rings. The summed E-state index contributed by atoms with van der Waals surface area (Å²) >= 11 is 0. The number of aromatic amines is 1. The van der Waals surface area contributed by atoms with Crippen molar-refractivity contribution >= 4 is 5.97 Å². The van der Waals surface area contributed by atoms with Crippen molar-refractivity contribution in [2.45, 2.75) is 0 Å². The van der Waals surface area contributed by atoms with Crippen LogP contribution in [0, 0.1) is 0 Å². The summed E-state index contributed by atoms with van der Waals surface area (Å²) in [4.78, 5) is 19.6. The summed E-state index contributed by atoms with van der Waals surface area (Å²) in [5, 5.41) is 6.35. The van der Waals surface area contributed by atoms with Crippen LogP contribution in [0.2, 0.25) is 0 Å². The average Bonchev–Trinajstić information content (AvgIpc) is 2.86. The van der Waals surface area contributed by atoms with Crippen molar-refractivity contribution in [1.82, 2.24) is 20.2 Å². The third-order valence-electron chi connectivity index (χ3n) is 2.14. The molecule has 0 saturated carbocycles. The predicted octanol–water partition coefficient (Wildman–Crippen LogP) is 0.662. The van der Waals surface area contributed by atoms with Gasteiger partial charge in [0.05, 0.1) is 26.0 Å². The van der Waals surface area contributed by atoms with E-state index in [2.05, 4.69) is 24.9 Å². The molecule has 0 bridgehead atoms. The van der Waals surface area contributed by atoms with Crippen LogP contribution in [0.3, 0.4) is 0 Å². The third-order valence-corrected chi connectivity index (χ3v) is 2.14. The second-order valence-corrected chi connectivity index (χ2v) is 3.06. The largest absolute Gasteiger partial charge is 0.479 e. The molecule has 7 heteroatoms. The van der Waals surface area contributed by atoms with Gasteiger partial charge >= 0.3 is 5.97 Å². The molecule has 0 amide bonds. The second-order valence-electron chi connectivity index (χ2n) is 3.06. The Hall–Kier alpha value is -2.44. The van der Waals surface area contributed by atoms with E-state index in [1.165, 1.54) is 32.8 Å². The van der Waals surface area contributed by atoms with Crippen LogP contribution in [0.25, 0.3) is 11.3 Å². The first kappa shape index (κ1) is 11.1. The summed E-state index contributed by atoms with van der Waals surface area (Å²) in [6, 6.07) is 0. The van der Waals surface area contributed by atoms with Crippen molar-refractivity contribution < 1.29 is 14.3 Å². The van der Waals surface area contributed by atoms with Crippen molar-refractivity contribution in [3.63, 3.8) is 0 Å². The smallest absolute Gasteiger partial charge is 0.356 e. The molecule has 2 aromatic heterocycles. The average molecular weight is 234 g/mol. The maximum atomic E-state index is 11.5. The van der Waals surface area contributed by atoms with Crippen LogP contribution in [0.1, 0.15) is 10.5 Å². The lowest BCUT2D eigenvalue weighted by Gasteiger charge is -2.04. The summed E-state index contributed by atoms with van der Waals surface area (Å²) in [6.45, 7) is 0. The zero-order valence-corrected chi connectivity index (χ0v) is 9.30. The van der Waals surface area contributed by atoms with Crippen molar-refractivity contribution in [3.8, 4) is 17.1 Å². The Labute approximate surface area is 96.8 Å². The van der Waals surface area contributed by atoms with Gasteiger partial charge in [0, 0.05) is 12.4 Å². The fourth-order valence-corrected chi connectivity index (χ4v) is 1.38. The van der Waals surface area contributed by atoms with Crippen LogP contribution in [0.4, 0.5) is 0 Å². The molecule has 1 N–H and O–H groups in total. The first-order valence-electron chi connectivity index (χ1n) is 4.75. The number of aromatic nitrogens is 4. The SMILES string of the molecule is COC(=O)c1[nH]ncc1-c1nccnc1OC. The molecule has 0 atom stereocenters. The summed E-state index contributed by atoms with van der Waals surface area (Å²) in [5.74, 6) is -0.204. The minimum atomic E-state index is -0.523. The zero-order chi connectivity index (χ0) is 12.3. The summed E-state index contributed by atoms with van der Waals surface area (Å²) < 4.78 is 9.70. The zero-order valence-electron chi connectivity index (χ0n) is 9.30. The molecule has 17 heavy (non-hydrogen) atoms. The number of ether oxygens (including phenoxy) is 2. The van der Waals surface area contributed by atoms with Crippen molar-refractivity contribution in [2.75, 3.05) is 14.2 Å². The molecule has 0 aliphatic rings. The fourth-order valence-electron chi connectivity index (χ4n) is 1.38. The Kier molecular flexibility index (Phi) is 2.99. The Balaban J connectivity index is 2.53. The van der Waals surface area contributed by atoms with Crippen LogP contribution < -0.4 is 4.74 Å². The highest BCUT2D eigenvalue weighted by Gasteiger charge is 2.20. The third kappa shape index (κ3) is 1.94. The van der Waals surface area contributed by atoms with E-state index < -0.39 is 5.97 Å². The Morgan fingerprint density at radius 3 is 2.76 bits per heavy atom. The van der Waals surface area contributed by atoms with Gasteiger partial charge in [0.15, 0.2) is 5.69 Å². The van der Waals surface area contributed by atoms with E-state index in [9.17, 15) is 4.79 Å². The quantitative estimate of drug-likeness (QED) is 0.784. The van der Waals surface area contributed by atoms with Gasteiger partial charge in [-0.1, -0.05) is 0 Å². The van der Waals surface area contributed by atoms with Crippen LogP contribution in [0.15, 0.2) is 18.6 Å². The number of nitrogens with zero attached hydrogens (tertiary/aromatic N) is 3. The molecule has 88 valence electrons. The molecule has 0 radical (unpaired) electrons. The van der Waals surface area contributed by atoms with Crippen LogP contribution in [-0.2, 0) is 4.74 Å². The van der Waals surface area contributed by atoms with Crippen LogP contribution in [0.5, 0.6) is 5.88 Å². The van der Waals surface area contributed by atoms with E-state index in [-0.39, 0.29) is 5.69 Å². The minimum Gasteiger partial charge on any atom is -0.479 e. The molecule has 7 nitrogen and oxygen atoms in total. The monoisotopic (exact) mass is 234 g/mol. The number of esters is 1. The molecule has 0 aromatic carbocycles. The molecule has 2 heterocycles. The van der Waals surface area contributed by atoms with Gasteiger partial charge in [0.25, 0.3) is 0 Å². The van der Waals surface area contributed by atoms with E-state index >= 15 is 0 Å². The standard InChI is InChI=1S/C10H10N4O3/c1-16-9-7(11-3-4-12-9)6-5-13-14-8(6)10(15)17-2/h3-5H,1-2H3,(H,13,14). The number of hydrogen-bond acceptors (Lipinski definition) is 6. The highest BCUT2D eigenvalue weighted by molar-refractivity contribution is 5.95. The van der Waals surface area contributed by atoms with Gasteiger partial charge < -0.3 is 9.47 Å². The molecule has 0 spiro atoms. The van der Waals surface area contributed by atoms with Crippen LogP contribution in [-0.4, -0.2) is 40.4 Å². The lowest BCUT2D eigenvalue weighted by atomic mass is 10.2. The fraction of sp³-hybridized carbons (Fsp3) is 0.200. The minimum absolute atomic E-state index is 0.214. The molecule has 2 rings (SSSR count). The molecule has 0 aliphatic carbocycles. The molecule has 0 aliphatic heterocycles. The predicted molar refractivity (Wildman–Crippen MR) is 57.5 cm³/mol. The van der Waals surface area contributed by atoms with Crippen molar-refractivity contribution in [1.29, 1.82) is 0 Å². The summed E-state index contributed by atoms with van der Waals surface area (Å²) in [7, 11) is 2.77. The van der Waals surface area contributed by atoms with E-state index in [0.29, 0.717) is 17.1 Å². The number of carbonyl (C=O) groups excluding carboxylic acids is 1. The van der Waals surface area contributed by atoms with Gasteiger partial charge in [-0.15, -0.1) is 0 Å². The van der Waals surface area contributed by atoms with Crippen molar-refractivity contribution in [2.24, 2.45) is 0 Å². The topological polar surface area (TPSA) is 90.0 Å². The maximum absolute atomic E-state index is 11.5. The van der Waals surface area contributed by atoms with Crippen LogP contribution >= 0.6 is 0 Å². The van der Waals surface area contributed by atoms with Gasteiger partial charge in [0.2, 0.25) is 5.88 Å². The number of nitrogens with one attached hydrogen (secondary N) is 1. The normalized spacial score (nSPS) is 10.0. The van der Waals surface area contributed by atoms with E-state index in [0.717, 1.165) is 0 Å². The van der Waals surface area contributed by atoms with Gasteiger partial charge in [-0.3, -0.25) is 5.10 Å². The van der Waals surface area contributed by atoms with Gasteiger partial charge in [0.1, 0.15) is 5.69 Å². The van der Waals surface area contributed by atoms with Gasteiger partial charge in [-0.25, -0.2) is 14.8 Å². The number of H-pyrrole nitrogens is 1. The first-order chi connectivity index (χ1) is 8.27. The van der Waals surface area contributed by atoms with E-state index in [4.69, 9.17) is 4.74 Å². The molecule has 0 fully saturated rings. The molecular weight excluding hydrogens is 224 g/mol. The maximum Gasteiger partial charge on any atom is 0.356 e. The molecular formula is C10H10N4O3. The molecule has 0 saturated heterocycles.